The Bertz CT molecular complexity index is 386. The second-order valence-electron chi connectivity index (χ2n) is 6.79. The molecular formula is C14H20F4O3. The molecule has 1 saturated heterocycles. The molecule has 21 heavy (non-hydrogen) atoms. The lowest BCUT2D eigenvalue weighted by Crippen LogP contribution is -2.46. The summed E-state index contributed by atoms with van der Waals surface area (Å²) in [4.78, 5) is 0. The van der Waals surface area contributed by atoms with Gasteiger partial charge in [0, 0.05) is 5.92 Å². The third-order valence-corrected chi connectivity index (χ3v) is 4.98. The normalized spacial score (nSPS) is 43.3. The summed E-state index contributed by atoms with van der Waals surface area (Å²) in [5.41, 5.74) is -0.824. The summed E-state index contributed by atoms with van der Waals surface area (Å²) < 4.78 is 63.0. The topological polar surface area (TPSA) is 38.7 Å². The number of hydrogen-bond donors (Lipinski definition) is 1. The van der Waals surface area contributed by atoms with Crippen LogP contribution >= 0.6 is 0 Å². The van der Waals surface area contributed by atoms with Gasteiger partial charge in [-0.05, 0) is 31.6 Å². The molecule has 0 amide bonds. The molecule has 3 atom stereocenters. The largest absolute Gasteiger partial charge is 0.390 e. The summed E-state index contributed by atoms with van der Waals surface area (Å²) in [6.45, 7) is -2.69. The molecule has 3 rings (SSSR count). The number of fused-ring (bicyclic) bond motifs is 2. The first kappa shape index (κ1) is 15.5. The zero-order chi connectivity index (χ0) is 15.3. The van der Waals surface area contributed by atoms with E-state index in [4.69, 9.17) is 9.47 Å². The highest BCUT2D eigenvalue weighted by Gasteiger charge is 2.59. The van der Waals surface area contributed by atoms with Crippen molar-refractivity contribution in [2.24, 2.45) is 11.8 Å². The van der Waals surface area contributed by atoms with Crippen LogP contribution in [0, 0.1) is 11.8 Å². The van der Waals surface area contributed by atoms with Crippen molar-refractivity contribution in [1.82, 2.24) is 0 Å². The fourth-order valence-corrected chi connectivity index (χ4v) is 3.96. The van der Waals surface area contributed by atoms with Crippen molar-refractivity contribution >= 4 is 0 Å². The molecule has 3 aliphatic rings. The van der Waals surface area contributed by atoms with Crippen LogP contribution in [0.3, 0.4) is 0 Å². The fraction of sp³-hybridized carbons (Fsp3) is 1.00. The molecule has 0 radical (unpaired) electrons. The lowest BCUT2D eigenvalue weighted by Gasteiger charge is -2.46. The van der Waals surface area contributed by atoms with Crippen molar-refractivity contribution in [3.63, 3.8) is 0 Å². The first-order valence-electron chi connectivity index (χ1n) is 7.42. The molecule has 7 heteroatoms. The third-order valence-electron chi connectivity index (χ3n) is 4.98. The SMILES string of the molecule is OC12CCCC(CC(C3OCC(F)(F)C(F)(F)CO3)C1)C2. The standard InChI is InChI=1S/C14H20F4O3/c15-13(16)7-20-11(21-8-14(13,17)18)10-4-9-2-1-3-12(19,5-9)6-10/h9-11,19H,1-8H2. The van der Waals surface area contributed by atoms with E-state index in [-0.39, 0.29) is 5.92 Å². The highest BCUT2D eigenvalue weighted by atomic mass is 19.3. The van der Waals surface area contributed by atoms with Gasteiger partial charge in [-0.1, -0.05) is 12.8 Å². The van der Waals surface area contributed by atoms with Gasteiger partial charge in [-0.15, -0.1) is 0 Å². The van der Waals surface area contributed by atoms with Crippen molar-refractivity contribution in [2.75, 3.05) is 13.2 Å². The van der Waals surface area contributed by atoms with E-state index >= 15 is 0 Å². The third kappa shape index (κ3) is 2.92. The van der Waals surface area contributed by atoms with Crippen molar-refractivity contribution in [3.05, 3.63) is 0 Å². The summed E-state index contributed by atoms with van der Waals surface area (Å²) in [6.07, 6.45) is 3.22. The van der Waals surface area contributed by atoms with E-state index in [1.165, 1.54) is 0 Å². The van der Waals surface area contributed by atoms with Crippen LogP contribution in [-0.4, -0.2) is 42.1 Å². The fourth-order valence-electron chi connectivity index (χ4n) is 3.96. The van der Waals surface area contributed by atoms with Crippen LogP contribution in [0.15, 0.2) is 0 Å². The first-order chi connectivity index (χ1) is 9.71. The first-order valence-corrected chi connectivity index (χ1v) is 7.42. The van der Waals surface area contributed by atoms with E-state index < -0.39 is 36.9 Å². The lowest BCUT2D eigenvalue weighted by molar-refractivity contribution is -0.222. The molecule has 2 bridgehead atoms. The number of alkyl halides is 4. The molecular weight excluding hydrogens is 292 g/mol. The Hall–Kier alpha value is -0.400. The Morgan fingerprint density at radius 2 is 1.57 bits per heavy atom. The van der Waals surface area contributed by atoms with Gasteiger partial charge in [0.05, 0.1) is 5.60 Å². The van der Waals surface area contributed by atoms with Gasteiger partial charge in [-0.3, -0.25) is 0 Å². The van der Waals surface area contributed by atoms with E-state index in [0.717, 1.165) is 12.8 Å². The van der Waals surface area contributed by atoms with E-state index in [9.17, 15) is 22.7 Å². The molecule has 2 saturated carbocycles. The van der Waals surface area contributed by atoms with Gasteiger partial charge < -0.3 is 14.6 Å². The second kappa shape index (κ2) is 5.06. The van der Waals surface area contributed by atoms with Crippen molar-refractivity contribution in [3.8, 4) is 0 Å². The van der Waals surface area contributed by atoms with Crippen LogP contribution in [0.4, 0.5) is 17.6 Å². The van der Waals surface area contributed by atoms with Crippen LogP contribution in [-0.2, 0) is 9.47 Å². The molecule has 2 aliphatic carbocycles. The predicted molar refractivity (Wildman–Crippen MR) is 65.2 cm³/mol. The van der Waals surface area contributed by atoms with Gasteiger partial charge in [-0.25, -0.2) is 0 Å². The average Bonchev–Trinajstić information content (AvgIpc) is 2.46. The number of halogens is 4. The van der Waals surface area contributed by atoms with Gasteiger partial charge in [0.25, 0.3) is 0 Å². The molecule has 0 aromatic rings. The molecule has 3 nitrogen and oxygen atoms in total. The minimum absolute atomic E-state index is 0.291. The van der Waals surface area contributed by atoms with E-state index in [1.807, 2.05) is 0 Å². The highest BCUT2D eigenvalue weighted by Crippen LogP contribution is 2.48. The Morgan fingerprint density at radius 3 is 2.14 bits per heavy atom. The molecule has 3 unspecified atom stereocenters. The summed E-state index contributed by atoms with van der Waals surface area (Å²) in [7, 11) is 0. The van der Waals surface area contributed by atoms with E-state index in [1.54, 1.807) is 0 Å². The van der Waals surface area contributed by atoms with Crippen LogP contribution in [0.2, 0.25) is 0 Å². The van der Waals surface area contributed by atoms with Crippen LogP contribution in [0.25, 0.3) is 0 Å². The van der Waals surface area contributed by atoms with Gasteiger partial charge in [0.15, 0.2) is 6.29 Å². The Morgan fingerprint density at radius 1 is 0.952 bits per heavy atom. The molecule has 1 heterocycles. The molecule has 0 aromatic carbocycles. The van der Waals surface area contributed by atoms with Crippen molar-refractivity contribution < 1.29 is 32.1 Å². The number of rotatable bonds is 1. The minimum atomic E-state index is -4.22. The summed E-state index contributed by atoms with van der Waals surface area (Å²) in [5, 5.41) is 10.5. The number of ether oxygens (including phenoxy) is 2. The molecule has 0 aromatic heterocycles. The summed E-state index contributed by atoms with van der Waals surface area (Å²) >= 11 is 0. The highest BCUT2D eigenvalue weighted by molar-refractivity contribution is 4.96. The maximum absolute atomic E-state index is 13.3. The molecule has 3 fully saturated rings. The minimum Gasteiger partial charge on any atom is -0.390 e. The number of hydrogen-bond acceptors (Lipinski definition) is 3. The molecule has 1 N–H and O–H groups in total. The van der Waals surface area contributed by atoms with E-state index in [2.05, 4.69) is 0 Å². The lowest BCUT2D eigenvalue weighted by atomic mass is 9.65. The quantitative estimate of drug-likeness (QED) is 0.757. The monoisotopic (exact) mass is 312 g/mol. The maximum atomic E-state index is 13.3. The summed E-state index contributed by atoms with van der Waals surface area (Å²) in [5.74, 6) is -8.45. The zero-order valence-corrected chi connectivity index (χ0v) is 11.7. The Balaban J connectivity index is 1.70. The number of aliphatic hydroxyl groups is 1. The molecule has 122 valence electrons. The maximum Gasteiger partial charge on any atom is 0.335 e. The Kier molecular flexibility index (Phi) is 3.73. The second-order valence-corrected chi connectivity index (χ2v) is 6.79. The molecule has 0 spiro atoms. The van der Waals surface area contributed by atoms with Crippen LogP contribution in [0.1, 0.15) is 38.5 Å². The van der Waals surface area contributed by atoms with Gasteiger partial charge >= 0.3 is 11.8 Å². The Labute approximate surface area is 120 Å². The smallest absolute Gasteiger partial charge is 0.335 e. The van der Waals surface area contributed by atoms with Crippen molar-refractivity contribution in [2.45, 2.75) is 62.3 Å². The van der Waals surface area contributed by atoms with Crippen LogP contribution < -0.4 is 0 Å². The molecule has 1 aliphatic heterocycles. The van der Waals surface area contributed by atoms with Gasteiger partial charge in [-0.2, -0.15) is 17.6 Å². The van der Waals surface area contributed by atoms with E-state index in [0.29, 0.717) is 31.6 Å². The van der Waals surface area contributed by atoms with Gasteiger partial charge in [0.1, 0.15) is 13.2 Å². The predicted octanol–water partition coefficient (Wildman–Crippen LogP) is 2.96. The average molecular weight is 312 g/mol. The van der Waals surface area contributed by atoms with Crippen molar-refractivity contribution in [1.29, 1.82) is 0 Å². The summed E-state index contributed by atoms with van der Waals surface area (Å²) in [6, 6.07) is 0. The zero-order valence-electron chi connectivity index (χ0n) is 11.7. The van der Waals surface area contributed by atoms with Crippen LogP contribution in [0.5, 0.6) is 0 Å². The van der Waals surface area contributed by atoms with Gasteiger partial charge in [0.2, 0.25) is 0 Å².